The lowest BCUT2D eigenvalue weighted by Gasteiger charge is -2.11. The summed E-state index contributed by atoms with van der Waals surface area (Å²) in [5.74, 6) is -0.199. The largest absolute Gasteiger partial charge is 0.322 e. The van der Waals surface area contributed by atoms with Crippen molar-refractivity contribution in [3.8, 4) is 5.69 Å². The fraction of sp³-hybridized carbons (Fsp3) is 0.0667. The Kier molecular flexibility index (Phi) is 4.14. The van der Waals surface area contributed by atoms with E-state index in [9.17, 15) is 4.79 Å². The second-order valence-corrected chi connectivity index (χ2v) is 5.93. The summed E-state index contributed by atoms with van der Waals surface area (Å²) >= 11 is 2.24. The minimum atomic E-state index is -0.199. The maximum Gasteiger partial charge on any atom is 0.257 e. The van der Waals surface area contributed by atoms with Crippen molar-refractivity contribution in [1.29, 1.82) is 0 Å². The van der Waals surface area contributed by atoms with E-state index in [-0.39, 0.29) is 5.91 Å². The van der Waals surface area contributed by atoms with Crippen LogP contribution in [-0.4, -0.2) is 26.1 Å². The average Bonchev–Trinajstić information content (AvgIpc) is 3.04. The van der Waals surface area contributed by atoms with Crippen molar-refractivity contribution in [3.63, 3.8) is 0 Å². The minimum absolute atomic E-state index is 0.199. The molecule has 1 N–H and O–H groups in total. The van der Waals surface area contributed by atoms with Gasteiger partial charge in [-0.1, -0.05) is 12.1 Å². The summed E-state index contributed by atoms with van der Waals surface area (Å²) in [6, 6.07) is 13.1. The van der Waals surface area contributed by atoms with Crippen LogP contribution in [0.5, 0.6) is 0 Å². The van der Waals surface area contributed by atoms with E-state index >= 15 is 0 Å². The highest BCUT2D eigenvalue weighted by molar-refractivity contribution is 14.1. The van der Waals surface area contributed by atoms with E-state index < -0.39 is 0 Å². The molecule has 1 amide bonds. The number of carbonyl (C=O) groups is 1. The Balaban J connectivity index is 1.93. The van der Waals surface area contributed by atoms with E-state index in [1.807, 2.05) is 37.3 Å². The Bertz CT molecular complexity index is 817. The van der Waals surface area contributed by atoms with Gasteiger partial charge in [0.2, 0.25) is 0 Å². The highest BCUT2D eigenvalue weighted by Crippen LogP contribution is 2.20. The number of hydrogen-bond donors (Lipinski definition) is 1. The van der Waals surface area contributed by atoms with Gasteiger partial charge in [0, 0.05) is 9.26 Å². The number of nitrogens with zero attached hydrogens (tertiary/aromatic N) is 4. The number of tetrazole rings is 1. The fourth-order valence-corrected chi connectivity index (χ4v) is 2.74. The molecule has 0 unspecified atom stereocenters. The van der Waals surface area contributed by atoms with Crippen molar-refractivity contribution in [2.45, 2.75) is 6.92 Å². The summed E-state index contributed by atoms with van der Waals surface area (Å²) in [6.45, 7) is 1.96. The van der Waals surface area contributed by atoms with Crippen molar-refractivity contribution in [2.75, 3.05) is 5.32 Å². The summed E-state index contributed by atoms with van der Waals surface area (Å²) in [7, 11) is 0. The van der Waals surface area contributed by atoms with Crippen molar-refractivity contribution >= 4 is 34.2 Å². The Morgan fingerprint density at radius 1 is 1.23 bits per heavy atom. The number of halogens is 1. The molecule has 6 nitrogen and oxygen atoms in total. The lowest BCUT2D eigenvalue weighted by molar-refractivity contribution is 0.102. The molecule has 22 heavy (non-hydrogen) atoms. The number of aryl methyl sites for hydroxylation is 1. The first-order valence-electron chi connectivity index (χ1n) is 6.55. The first kappa shape index (κ1) is 14.6. The first-order valence-corrected chi connectivity index (χ1v) is 7.63. The molecule has 1 heterocycles. The van der Waals surface area contributed by atoms with Crippen molar-refractivity contribution in [2.24, 2.45) is 0 Å². The molecule has 3 aromatic rings. The third kappa shape index (κ3) is 2.98. The molecule has 0 aliphatic rings. The average molecular weight is 405 g/mol. The Labute approximate surface area is 140 Å². The molecule has 0 aliphatic carbocycles. The molecule has 0 aliphatic heterocycles. The summed E-state index contributed by atoms with van der Waals surface area (Å²) in [4.78, 5) is 12.6. The molecule has 0 atom stereocenters. The quantitative estimate of drug-likeness (QED) is 0.681. The van der Waals surface area contributed by atoms with Gasteiger partial charge in [-0.2, -0.15) is 4.68 Å². The van der Waals surface area contributed by atoms with E-state index in [1.54, 1.807) is 12.1 Å². The van der Waals surface area contributed by atoms with Gasteiger partial charge in [-0.05, 0) is 75.8 Å². The number of hydrogen-bond acceptors (Lipinski definition) is 4. The third-order valence-corrected chi connectivity index (χ3v) is 3.85. The highest BCUT2D eigenvalue weighted by Gasteiger charge is 2.14. The van der Waals surface area contributed by atoms with Crippen molar-refractivity contribution in [1.82, 2.24) is 20.2 Å². The summed E-state index contributed by atoms with van der Waals surface area (Å²) in [6.07, 6.45) is 1.46. The van der Waals surface area contributed by atoms with Gasteiger partial charge < -0.3 is 5.32 Å². The molecule has 0 bridgehead atoms. The van der Waals surface area contributed by atoms with Gasteiger partial charge in [0.05, 0.1) is 11.3 Å². The van der Waals surface area contributed by atoms with E-state index in [2.05, 4.69) is 43.4 Å². The van der Waals surface area contributed by atoms with E-state index in [0.29, 0.717) is 11.3 Å². The first-order chi connectivity index (χ1) is 10.6. The smallest absolute Gasteiger partial charge is 0.257 e. The Morgan fingerprint density at radius 3 is 2.77 bits per heavy atom. The number of aromatic nitrogens is 4. The molecular weight excluding hydrogens is 393 g/mol. The lowest BCUT2D eigenvalue weighted by Crippen LogP contribution is -2.16. The van der Waals surface area contributed by atoms with Gasteiger partial charge in [0.1, 0.15) is 6.33 Å². The zero-order chi connectivity index (χ0) is 15.5. The van der Waals surface area contributed by atoms with Crippen LogP contribution >= 0.6 is 22.6 Å². The molecule has 0 radical (unpaired) electrons. The molecule has 0 saturated carbocycles. The number of rotatable bonds is 3. The molecule has 0 fully saturated rings. The van der Waals surface area contributed by atoms with E-state index in [0.717, 1.165) is 14.8 Å². The maximum atomic E-state index is 12.6. The van der Waals surface area contributed by atoms with Gasteiger partial charge in [-0.15, -0.1) is 5.10 Å². The molecule has 0 saturated heterocycles. The molecule has 110 valence electrons. The van der Waals surface area contributed by atoms with Crippen molar-refractivity contribution in [3.05, 3.63) is 63.5 Å². The third-order valence-electron chi connectivity index (χ3n) is 3.18. The molecule has 3 rings (SSSR count). The van der Waals surface area contributed by atoms with Crippen LogP contribution in [0.4, 0.5) is 5.69 Å². The van der Waals surface area contributed by atoms with Crippen LogP contribution in [0, 0.1) is 10.5 Å². The standard InChI is InChI=1S/C15H12IN5O/c1-10-8-11(16)6-7-13(10)18-15(22)12-4-2-3-5-14(12)21-9-17-19-20-21/h2-9H,1H3,(H,18,22). The second kappa shape index (κ2) is 6.22. The van der Waals surface area contributed by atoms with E-state index in [4.69, 9.17) is 0 Å². The van der Waals surface area contributed by atoms with Gasteiger partial charge >= 0.3 is 0 Å². The molecule has 1 aromatic heterocycles. The van der Waals surface area contributed by atoms with Gasteiger partial charge in [-0.25, -0.2) is 0 Å². The number of para-hydroxylation sites is 1. The van der Waals surface area contributed by atoms with Crippen LogP contribution in [0.1, 0.15) is 15.9 Å². The minimum Gasteiger partial charge on any atom is -0.322 e. The Morgan fingerprint density at radius 2 is 2.05 bits per heavy atom. The molecule has 0 spiro atoms. The summed E-state index contributed by atoms with van der Waals surface area (Å²) in [5.41, 5.74) is 2.94. The van der Waals surface area contributed by atoms with Gasteiger partial charge in [-0.3, -0.25) is 4.79 Å². The summed E-state index contributed by atoms with van der Waals surface area (Å²) < 4.78 is 2.59. The molecule has 7 heteroatoms. The monoisotopic (exact) mass is 405 g/mol. The predicted molar refractivity (Wildman–Crippen MR) is 91.0 cm³/mol. The molecular formula is C15H12IN5O. The summed E-state index contributed by atoms with van der Waals surface area (Å²) in [5, 5.41) is 14.0. The highest BCUT2D eigenvalue weighted by atomic mass is 127. The molecule has 2 aromatic carbocycles. The number of carbonyl (C=O) groups excluding carboxylic acids is 1. The lowest BCUT2D eigenvalue weighted by atomic mass is 10.1. The van der Waals surface area contributed by atoms with Crippen LogP contribution < -0.4 is 5.32 Å². The topological polar surface area (TPSA) is 72.7 Å². The van der Waals surface area contributed by atoms with E-state index in [1.165, 1.54) is 11.0 Å². The number of anilines is 1. The number of amides is 1. The van der Waals surface area contributed by atoms with Crippen molar-refractivity contribution < 1.29 is 4.79 Å². The predicted octanol–water partition coefficient (Wildman–Crippen LogP) is 2.83. The Hall–Kier alpha value is -2.29. The number of benzene rings is 2. The van der Waals surface area contributed by atoms with Gasteiger partial charge in [0.15, 0.2) is 0 Å². The van der Waals surface area contributed by atoms with Gasteiger partial charge in [0.25, 0.3) is 5.91 Å². The fourth-order valence-electron chi connectivity index (χ4n) is 2.09. The number of nitrogens with one attached hydrogen (secondary N) is 1. The van der Waals surface area contributed by atoms with Crippen LogP contribution in [0.3, 0.4) is 0 Å². The SMILES string of the molecule is Cc1cc(I)ccc1NC(=O)c1ccccc1-n1cnnn1. The van der Waals surface area contributed by atoms with Crippen LogP contribution in [0.15, 0.2) is 48.8 Å². The van der Waals surface area contributed by atoms with Crippen LogP contribution in [0.2, 0.25) is 0 Å². The zero-order valence-electron chi connectivity index (χ0n) is 11.7. The second-order valence-electron chi connectivity index (χ2n) is 4.68. The zero-order valence-corrected chi connectivity index (χ0v) is 13.9. The van der Waals surface area contributed by atoms with Crippen LogP contribution in [0.25, 0.3) is 5.69 Å². The van der Waals surface area contributed by atoms with Crippen LogP contribution in [-0.2, 0) is 0 Å². The maximum absolute atomic E-state index is 12.6. The normalized spacial score (nSPS) is 10.5.